The molecule has 43 heavy (non-hydrogen) atoms. The number of nitrogens with one attached hydrogen (secondary N) is 2. The van der Waals surface area contributed by atoms with Crippen molar-refractivity contribution >= 4 is 11.8 Å². The second kappa shape index (κ2) is 13.1. The van der Waals surface area contributed by atoms with Crippen LogP contribution in [0.4, 0.5) is 26.3 Å². The molecular weight excluding hydrogens is 590 g/mol. The van der Waals surface area contributed by atoms with Crippen molar-refractivity contribution in [2.75, 3.05) is 52.7 Å². The maximum absolute atomic E-state index is 13.0. The highest BCUT2D eigenvalue weighted by molar-refractivity contribution is 5.94. The van der Waals surface area contributed by atoms with Crippen LogP contribution in [0.3, 0.4) is 0 Å². The Hall–Kier alpha value is -3.96. The molecule has 0 atom stereocenters. The first-order valence-electron chi connectivity index (χ1n) is 12.9. The summed E-state index contributed by atoms with van der Waals surface area (Å²) < 4.78 is 94.3. The van der Waals surface area contributed by atoms with Gasteiger partial charge in [0.25, 0.3) is 11.8 Å². The number of carbonyl (C=O) groups excluding carboxylic acids is 2. The van der Waals surface area contributed by atoms with E-state index in [-0.39, 0.29) is 75.0 Å². The lowest BCUT2D eigenvalue weighted by atomic mass is 10.0. The Morgan fingerprint density at radius 3 is 1.14 bits per heavy atom. The number of amides is 2. The van der Waals surface area contributed by atoms with Gasteiger partial charge >= 0.3 is 23.7 Å². The number of carbonyl (C=O) groups is 2. The quantitative estimate of drug-likeness (QED) is 0.215. The van der Waals surface area contributed by atoms with E-state index in [9.17, 15) is 35.9 Å². The van der Waals surface area contributed by atoms with Crippen LogP contribution in [-0.4, -0.2) is 76.9 Å². The topological polar surface area (TPSA) is 135 Å². The molecule has 0 radical (unpaired) electrons. The molecule has 11 nitrogen and oxygen atoms in total. The molecular formula is C26H26F6N6O5. The Kier molecular flexibility index (Phi) is 9.76. The maximum atomic E-state index is 13.0. The number of rotatable bonds is 16. The molecule has 0 bridgehead atoms. The maximum Gasteiger partial charge on any atom is 0.442 e. The van der Waals surface area contributed by atoms with Crippen molar-refractivity contribution in [3.05, 3.63) is 70.8 Å². The highest BCUT2D eigenvalue weighted by atomic mass is 19.4. The summed E-state index contributed by atoms with van der Waals surface area (Å²) in [5.74, 6) is -0.938. The largest absolute Gasteiger partial charge is 0.442 e. The minimum atomic E-state index is -4.63. The standard InChI is InChI=1S/C26H26F6N6O5/c27-25(28,29)23(35-36-23)19-5-1-17(2-6-19)21(39)33-9-11-41-13-15-43-16-14-42-12-10-34-22(40)18-3-7-20(8-4-18)24(37-38-24)26(30,31)32/h1-8H,9-16H2,(H,33,39)(H,34,40). The van der Waals surface area contributed by atoms with Gasteiger partial charge in [0.05, 0.1) is 39.6 Å². The van der Waals surface area contributed by atoms with Crippen molar-refractivity contribution in [3.8, 4) is 0 Å². The predicted octanol–water partition coefficient (Wildman–Crippen LogP) is 4.26. The number of benzene rings is 2. The zero-order valence-corrected chi connectivity index (χ0v) is 22.4. The fourth-order valence-electron chi connectivity index (χ4n) is 3.81. The zero-order valence-electron chi connectivity index (χ0n) is 22.4. The van der Waals surface area contributed by atoms with Gasteiger partial charge in [-0.3, -0.25) is 9.59 Å². The summed E-state index contributed by atoms with van der Waals surface area (Å²) >= 11 is 0. The van der Waals surface area contributed by atoms with Crippen LogP contribution < -0.4 is 10.6 Å². The van der Waals surface area contributed by atoms with Gasteiger partial charge in [-0.25, -0.2) is 0 Å². The monoisotopic (exact) mass is 616 g/mol. The molecule has 232 valence electrons. The number of ether oxygens (including phenoxy) is 3. The van der Waals surface area contributed by atoms with Gasteiger partial charge in [0.15, 0.2) is 0 Å². The lowest BCUT2D eigenvalue weighted by molar-refractivity contribution is -0.166. The molecule has 2 heterocycles. The van der Waals surface area contributed by atoms with E-state index in [2.05, 4.69) is 31.1 Å². The third kappa shape index (κ3) is 7.71. The number of nitrogens with zero attached hydrogens (tertiary/aromatic N) is 4. The molecule has 4 rings (SSSR count). The molecule has 2 aliphatic rings. The van der Waals surface area contributed by atoms with Crippen LogP contribution in [0.25, 0.3) is 0 Å². The molecule has 17 heteroatoms. The molecule has 0 fully saturated rings. The Balaban J connectivity index is 0.974. The summed E-state index contributed by atoms with van der Waals surface area (Å²) in [6, 6.07) is 9.74. The Labute approximate surface area is 240 Å². The number of halogens is 6. The lowest BCUT2D eigenvalue weighted by Gasteiger charge is -2.15. The Morgan fingerprint density at radius 1 is 0.558 bits per heavy atom. The Morgan fingerprint density at radius 2 is 0.860 bits per heavy atom. The first-order chi connectivity index (χ1) is 20.4. The summed E-state index contributed by atoms with van der Waals surface area (Å²) in [5, 5.41) is 17.7. The van der Waals surface area contributed by atoms with Crippen LogP contribution in [0, 0.1) is 0 Å². The smallest absolute Gasteiger partial charge is 0.377 e. The van der Waals surface area contributed by atoms with Gasteiger partial charge in [0.1, 0.15) is 0 Å². The van der Waals surface area contributed by atoms with Gasteiger partial charge in [-0.05, 0) is 24.3 Å². The summed E-state index contributed by atoms with van der Waals surface area (Å²) in [6.07, 6.45) is -9.27. The number of alkyl halides is 6. The minimum absolute atomic E-state index is 0.160. The molecule has 2 aromatic carbocycles. The van der Waals surface area contributed by atoms with Gasteiger partial charge < -0.3 is 24.8 Å². The SMILES string of the molecule is O=C(NCCOCCOCCOCCNC(=O)c1ccc(C2(C(F)(F)F)N=N2)cc1)c1ccc(C2(C(F)(F)F)N=N2)cc1. The highest BCUT2D eigenvalue weighted by Gasteiger charge is 2.65. The van der Waals surface area contributed by atoms with Gasteiger partial charge in [-0.1, -0.05) is 24.3 Å². The van der Waals surface area contributed by atoms with Crippen LogP contribution in [-0.2, 0) is 25.5 Å². The van der Waals surface area contributed by atoms with E-state index in [4.69, 9.17) is 14.2 Å². The fraction of sp³-hybridized carbons (Fsp3) is 0.462. The lowest BCUT2D eigenvalue weighted by Crippen LogP contribution is -2.30. The summed E-state index contributed by atoms with van der Waals surface area (Å²) in [5.41, 5.74) is -5.01. The van der Waals surface area contributed by atoms with Crippen LogP contribution >= 0.6 is 0 Å². The van der Waals surface area contributed by atoms with E-state index >= 15 is 0 Å². The average Bonchev–Trinajstić information content (AvgIpc) is 3.88. The van der Waals surface area contributed by atoms with Crippen LogP contribution in [0.5, 0.6) is 0 Å². The fourth-order valence-corrected chi connectivity index (χ4v) is 3.81. The van der Waals surface area contributed by atoms with Crippen LogP contribution in [0.2, 0.25) is 0 Å². The van der Waals surface area contributed by atoms with Crippen molar-refractivity contribution in [3.63, 3.8) is 0 Å². The molecule has 0 aromatic heterocycles. The van der Waals surface area contributed by atoms with Crippen molar-refractivity contribution in [1.82, 2.24) is 10.6 Å². The van der Waals surface area contributed by atoms with E-state index in [0.29, 0.717) is 0 Å². The second-order valence-electron chi connectivity index (χ2n) is 9.24. The third-order valence-electron chi connectivity index (χ3n) is 6.30. The van der Waals surface area contributed by atoms with E-state index in [0.717, 1.165) is 0 Å². The predicted molar refractivity (Wildman–Crippen MR) is 135 cm³/mol. The van der Waals surface area contributed by atoms with Crippen molar-refractivity contribution in [2.24, 2.45) is 20.5 Å². The molecule has 0 aliphatic carbocycles. The van der Waals surface area contributed by atoms with Gasteiger partial charge in [0.2, 0.25) is 0 Å². The molecule has 2 aromatic rings. The minimum Gasteiger partial charge on any atom is -0.377 e. The molecule has 2 N–H and O–H groups in total. The summed E-state index contributed by atoms with van der Waals surface area (Å²) in [6.45, 7) is 1.76. The molecule has 0 unspecified atom stereocenters. The summed E-state index contributed by atoms with van der Waals surface area (Å²) in [7, 11) is 0. The van der Waals surface area contributed by atoms with E-state index < -0.39 is 35.5 Å². The molecule has 0 saturated heterocycles. The zero-order chi connectivity index (χ0) is 31.1. The summed E-state index contributed by atoms with van der Waals surface area (Å²) in [4.78, 5) is 24.3. The molecule has 0 spiro atoms. The molecule has 0 saturated carbocycles. The highest BCUT2D eigenvalue weighted by Crippen LogP contribution is 2.53. The molecule has 2 aliphatic heterocycles. The number of hydrogen-bond donors (Lipinski definition) is 2. The number of hydrogen-bond acceptors (Lipinski definition) is 9. The van der Waals surface area contributed by atoms with Crippen molar-refractivity contribution in [1.29, 1.82) is 0 Å². The van der Waals surface area contributed by atoms with E-state index in [1.54, 1.807) is 0 Å². The third-order valence-corrected chi connectivity index (χ3v) is 6.30. The Bertz CT molecular complexity index is 1220. The first-order valence-corrected chi connectivity index (χ1v) is 12.9. The van der Waals surface area contributed by atoms with Gasteiger partial charge in [0, 0.05) is 35.3 Å². The van der Waals surface area contributed by atoms with Crippen molar-refractivity contribution < 1.29 is 50.1 Å². The second-order valence-corrected chi connectivity index (χ2v) is 9.24. The van der Waals surface area contributed by atoms with Gasteiger partial charge in [-0.2, -0.15) is 26.3 Å². The van der Waals surface area contributed by atoms with Crippen LogP contribution in [0.1, 0.15) is 31.8 Å². The van der Waals surface area contributed by atoms with E-state index in [1.807, 2.05) is 0 Å². The van der Waals surface area contributed by atoms with Crippen molar-refractivity contribution in [2.45, 2.75) is 23.7 Å². The average molecular weight is 617 g/mol. The van der Waals surface area contributed by atoms with Crippen LogP contribution in [0.15, 0.2) is 69.0 Å². The van der Waals surface area contributed by atoms with E-state index in [1.165, 1.54) is 48.5 Å². The normalized spacial score (nSPS) is 16.1. The molecule has 2 amide bonds. The van der Waals surface area contributed by atoms with Gasteiger partial charge in [-0.15, -0.1) is 20.5 Å². The first kappa shape index (κ1) is 32.0.